The molecular weight excluding hydrogens is 148 g/mol. The Morgan fingerprint density at radius 1 is 1.33 bits per heavy atom. The molecule has 1 aromatic rings. The van der Waals surface area contributed by atoms with Gasteiger partial charge >= 0.3 is 0 Å². The van der Waals surface area contributed by atoms with Gasteiger partial charge in [0.15, 0.2) is 0 Å². The van der Waals surface area contributed by atoms with Gasteiger partial charge in [0.25, 0.3) is 0 Å². The van der Waals surface area contributed by atoms with E-state index >= 15 is 0 Å². The highest BCUT2D eigenvalue weighted by Crippen LogP contribution is 2.22. The fourth-order valence-corrected chi connectivity index (χ4v) is 1.87. The maximum atomic E-state index is 9.45. The standard InChI is InChI=1S/C11H14O/c1-8-2-3-9-4-5-11(12)7-10(9)6-8/h2-3,6,11-12H,4-5,7H2,1H3. The number of aliphatic hydroxyl groups is 1. The summed E-state index contributed by atoms with van der Waals surface area (Å²) in [4.78, 5) is 0. The van der Waals surface area contributed by atoms with E-state index in [1.165, 1.54) is 16.7 Å². The Kier molecular flexibility index (Phi) is 1.89. The normalized spacial score (nSPS) is 22.0. The molecule has 1 nitrogen and oxygen atoms in total. The lowest BCUT2D eigenvalue weighted by molar-refractivity contribution is 0.158. The molecule has 0 heterocycles. The molecular formula is C11H14O. The number of aliphatic hydroxyl groups excluding tert-OH is 1. The highest BCUT2D eigenvalue weighted by Gasteiger charge is 2.15. The van der Waals surface area contributed by atoms with Gasteiger partial charge in [0, 0.05) is 0 Å². The molecule has 1 N–H and O–H groups in total. The van der Waals surface area contributed by atoms with Crippen LogP contribution in [-0.4, -0.2) is 11.2 Å². The SMILES string of the molecule is Cc1ccc2c(c1)CC(O)CC2. The van der Waals surface area contributed by atoms with Gasteiger partial charge in [0.2, 0.25) is 0 Å². The van der Waals surface area contributed by atoms with Crippen LogP contribution in [0.3, 0.4) is 0 Å². The van der Waals surface area contributed by atoms with E-state index < -0.39 is 0 Å². The van der Waals surface area contributed by atoms with Gasteiger partial charge in [0.05, 0.1) is 6.10 Å². The highest BCUT2D eigenvalue weighted by atomic mass is 16.3. The number of aryl methyl sites for hydroxylation is 2. The molecule has 0 fully saturated rings. The van der Waals surface area contributed by atoms with Crippen molar-refractivity contribution in [1.29, 1.82) is 0 Å². The van der Waals surface area contributed by atoms with Gasteiger partial charge < -0.3 is 5.11 Å². The summed E-state index contributed by atoms with van der Waals surface area (Å²) in [7, 11) is 0. The molecule has 1 aliphatic rings. The Balaban J connectivity index is 2.37. The summed E-state index contributed by atoms with van der Waals surface area (Å²) in [5.41, 5.74) is 4.06. The Morgan fingerprint density at radius 2 is 2.17 bits per heavy atom. The monoisotopic (exact) mass is 162 g/mol. The zero-order valence-electron chi connectivity index (χ0n) is 7.38. The third-order valence-corrected chi connectivity index (χ3v) is 2.56. The minimum absolute atomic E-state index is 0.112. The maximum Gasteiger partial charge on any atom is 0.0583 e. The second-order valence-electron chi connectivity index (χ2n) is 3.67. The van der Waals surface area contributed by atoms with Gasteiger partial charge in [-0.15, -0.1) is 0 Å². The smallest absolute Gasteiger partial charge is 0.0583 e. The van der Waals surface area contributed by atoms with Crippen molar-refractivity contribution in [3.8, 4) is 0 Å². The average Bonchev–Trinajstić information content (AvgIpc) is 2.03. The third-order valence-electron chi connectivity index (χ3n) is 2.56. The molecule has 1 aromatic carbocycles. The number of hydrogen-bond acceptors (Lipinski definition) is 1. The number of rotatable bonds is 0. The van der Waals surface area contributed by atoms with Crippen molar-refractivity contribution < 1.29 is 5.11 Å². The molecule has 0 aliphatic heterocycles. The molecule has 1 atom stereocenters. The van der Waals surface area contributed by atoms with E-state index in [0.29, 0.717) is 0 Å². The highest BCUT2D eigenvalue weighted by molar-refractivity contribution is 5.33. The van der Waals surface area contributed by atoms with Crippen LogP contribution in [0, 0.1) is 6.92 Å². The van der Waals surface area contributed by atoms with Crippen molar-refractivity contribution >= 4 is 0 Å². The van der Waals surface area contributed by atoms with E-state index in [1.54, 1.807) is 0 Å². The van der Waals surface area contributed by atoms with Gasteiger partial charge in [0.1, 0.15) is 0 Å². The lowest BCUT2D eigenvalue weighted by atomic mass is 9.89. The summed E-state index contributed by atoms with van der Waals surface area (Å²) < 4.78 is 0. The van der Waals surface area contributed by atoms with E-state index in [-0.39, 0.29) is 6.10 Å². The number of benzene rings is 1. The summed E-state index contributed by atoms with van der Waals surface area (Å²) in [6, 6.07) is 6.53. The molecule has 0 bridgehead atoms. The Bertz CT molecular complexity index is 291. The average molecular weight is 162 g/mol. The van der Waals surface area contributed by atoms with Crippen molar-refractivity contribution in [2.24, 2.45) is 0 Å². The minimum Gasteiger partial charge on any atom is -0.393 e. The zero-order chi connectivity index (χ0) is 8.55. The summed E-state index contributed by atoms with van der Waals surface area (Å²) in [5, 5.41) is 9.45. The molecule has 0 spiro atoms. The summed E-state index contributed by atoms with van der Waals surface area (Å²) in [5.74, 6) is 0. The van der Waals surface area contributed by atoms with Crippen molar-refractivity contribution in [2.45, 2.75) is 32.3 Å². The van der Waals surface area contributed by atoms with Gasteiger partial charge in [-0.25, -0.2) is 0 Å². The Hall–Kier alpha value is -0.820. The van der Waals surface area contributed by atoms with Crippen LogP contribution in [0.15, 0.2) is 18.2 Å². The van der Waals surface area contributed by atoms with E-state index in [9.17, 15) is 5.11 Å². The zero-order valence-corrected chi connectivity index (χ0v) is 7.38. The van der Waals surface area contributed by atoms with Crippen LogP contribution >= 0.6 is 0 Å². The molecule has 12 heavy (non-hydrogen) atoms. The second kappa shape index (κ2) is 2.91. The first-order chi connectivity index (χ1) is 5.75. The van der Waals surface area contributed by atoms with Crippen molar-refractivity contribution in [1.82, 2.24) is 0 Å². The molecule has 0 amide bonds. The van der Waals surface area contributed by atoms with Crippen LogP contribution in [0.4, 0.5) is 0 Å². The quantitative estimate of drug-likeness (QED) is 0.617. The molecule has 0 saturated carbocycles. The number of hydrogen-bond donors (Lipinski definition) is 1. The molecule has 0 aromatic heterocycles. The van der Waals surface area contributed by atoms with E-state index in [4.69, 9.17) is 0 Å². The molecule has 1 aliphatic carbocycles. The van der Waals surface area contributed by atoms with Crippen LogP contribution in [0.5, 0.6) is 0 Å². The second-order valence-corrected chi connectivity index (χ2v) is 3.67. The molecule has 64 valence electrons. The largest absolute Gasteiger partial charge is 0.393 e. The lowest BCUT2D eigenvalue weighted by Crippen LogP contribution is -2.18. The van der Waals surface area contributed by atoms with Gasteiger partial charge in [-0.05, 0) is 37.3 Å². The van der Waals surface area contributed by atoms with E-state index in [2.05, 4.69) is 25.1 Å². The van der Waals surface area contributed by atoms with E-state index in [1.807, 2.05) is 0 Å². The van der Waals surface area contributed by atoms with Crippen LogP contribution in [-0.2, 0) is 12.8 Å². The molecule has 2 rings (SSSR count). The van der Waals surface area contributed by atoms with Crippen LogP contribution < -0.4 is 0 Å². The predicted molar refractivity (Wildman–Crippen MR) is 49.2 cm³/mol. The summed E-state index contributed by atoms with van der Waals surface area (Å²) >= 11 is 0. The Labute approximate surface area is 73.0 Å². The Morgan fingerprint density at radius 3 is 3.00 bits per heavy atom. The first-order valence-corrected chi connectivity index (χ1v) is 4.52. The lowest BCUT2D eigenvalue weighted by Gasteiger charge is -2.20. The molecule has 0 radical (unpaired) electrons. The topological polar surface area (TPSA) is 20.2 Å². The minimum atomic E-state index is -0.112. The van der Waals surface area contributed by atoms with E-state index in [0.717, 1.165) is 19.3 Å². The third kappa shape index (κ3) is 1.37. The summed E-state index contributed by atoms with van der Waals surface area (Å²) in [6.07, 6.45) is 2.70. The van der Waals surface area contributed by atoms with Crippen LogP contribution in [0.1, 0.15) is 23.1 Å². The van der Waals surface area contributed by atoms with Crippen molar-refractivity contribution in [3.63, 3.8) is 0 Å². The summed E-state index contributed by atoms with van der Waals surface area (Å²) in [6.45, 7) is 2.10. The molecule has 0 saturated heterocycles. The molecule has 1 heteroatoms. The van der Waals surface area contributed by atoms with Crippen molar-refractivity contribution in [3.05, 3.63) is 34.9 Å². The first kappa shape index (κ1) is 7.81. The fraction of sp³-hybridized carbons (Fsp3) is 0.455. The fourth-order valence-electron chi connectivity index (χ4n) is 1.87. The maximum absolute atomic E-state index is 9.45. The van der Waals surface area contributed by atoms with Gasteiger partial charge in [-0.3, -0.25) is 0 Å². The first-order valence-electron chi connectivity index (χ1n) is 4.52. The van der Waals surface area contributed by atoms with Crippen molar-refractivity contribution in [2.75, 3.05) is 0 Å². The number of fused-ring (bicyclic) bond motifs is 1. The molecule has 1 unspecified atom stereocenters. The van der Waals surface area contributed by atoms with Crippen LogP contribution in [0.25, 0.3) is 0 Å². The van der Waals surface area contributed by atoms with Crippen LogP contribution in [0.2, 0.25) is 0 Å². The van der Waals surface area contributed by atoms with Gasteiger partial charge in [-0.2, -0.15) is 0 Å². The predicted octanol–water partition coefficient (Wildman–Crippen LogP) is 1.84. The van der Waals surface area contributed by atoms with Gasteiger partial charge in [-0.1, -0.05) is 23.8 Å².